The molecule has 0 bridgehead atoms. The van der Waals surface area contributed by atoms with Gasteiger partial charge in [0.05, 0.1) is 6.04 Å². The number of nitrogens with two attached hydrogens (primary N) is 1. The summed E-state index contributed by atoms with van der Waals surface area (Å²) in [6, 6.07) is 10.3. The number of nitrogens with zero attached hydrogens (tertiary/aromatic N) is 1. The van der Waals surface area contributed by atoms with Crippen LogP contribution in [0.3, 0.4) is 0 Å². The van der Waals surface area contributed by atoms with Crippen molar-refractivity contribution in [2.45, 2.75) is 58.2 Å². The fraction of sp³-hybridized carbons (Fsp3) is 0.625. The monoisotopic (exact) mass is 246 g/mol. The van der Waals surface area contributed by atoms with Crippen LogP contribution in [-0.2, 0) is 0 Å². The Bertz CT molecular complexity index is 381. The van der Waals surface area contributed by atoms with Gasteiger partial charge in [-0.1, -0.05) is 38.1 Å². The molecular formula is C16H26N2. The molecule has 18 heavy (non-hydrogen) atoms. The van der Waals surface area contributed by atoms with Crippen molar-refractivity contribution in [3.63, 3.8) is 0 Å². The highest BCUT2D eigenvalue weighted by molar-refractivity contribution is 5.28. The summed E-state index contributed by atoms with van der Waals surface area (Å²) in [5.41, 5.74) is 9.07. The average molecular weight is 246 g/mol. The van der Waals surface area contributed by atoms with E-state index in [0.29, 0.717) is 18.0 Å². The molecule has 1 aliphatic rings. The summed E-state index contributed by atoms with van der Waals surface area (Å²) in [6.07, 6.45) is 1.11. The van der Waals surface area contributed by atoms with Crippen LogP contribution in [0.5, 0.6) is 0 Å². The zero-order valence-corrected chi connectivity index (χ0v) is 12.1. The molecule has 0 saturated carbocycles. The Balaban J connectivity index is 2.23. The summed E-state index contributed by atoms with van der Waals surface area (Å²) in [6.45, 7) is 10.1. The molecule has 0 spiro atoms. The lowest BCUT2D eigenvalue weighted by Crippen LogP contribution is -2.35. The minimum atomic E-state index is 0.275. The van der Waals surface area contributed by atoms with Crippen LogP contribution in [0.1, 0.15) is 57.2 Å². The number of rotatable bonds is 3. The summed E-state index contributed by atoms with van der Waals surface area (Å²) in [5, 5.41) is 0. The van der Waals surface area contributed by atoms with Crippen molar-refractivity contribution in [1.29, 1.82) is 0 Å². The number of benzene rings is 1. The van der Waals surface area contributed by atoms with Crippen molar-refractivity contribution in [3.8, 4) is 0 Å². The second-order valence-corrected chi connectivity index (χ2v) is 6.05. The van der Waals surface area contributed by atoms with E-state index in [2.05, 4.69) is 56.9 Å². The van der Waals surface area contributed by atoms with Gasteiger partial charge in [0.1, 0.15) is 0 Å². The fourth-order valence-electron chi connectivity index (χ4n) is 2.94. The predicted octanol–water partition coefficient (Wildman–Crippen LogP) is 3.29. The third kappa shape index (κ3) is 2.60. The second-order valence-electron chi connectivity index (χ2n) is 6.05. The van der Waals surface area contributed by atoms with E-state index in [1.165, 1.54) is 11.1 Å². The molecule has 2 N–H and O–H groups in total. The molecule has 100 valence electrons. The lowest BCUT2D eigenvalue weighted by atomic mass is 9.96. The first-order valence-electron chi connectivity index (χ1n) is 7.12. The molecular weight excluding hydrogens is 220 g/mol. The highest BCUT2D eigenvalue weighted by atomic mass is 15.2. The Morgan fingerprint density at radius 3 is 2.22 bits per heavy atom. The summed E-state index contributed by atoms with van der Waals surface area (Å²) in [4.78, 5) is 2.52. The summed E-state index contributed by atoms with van der Waals surface area (Å²) in [7, 11) is 0. The molecule has 2 nitrogen and oxygen atoms in total. The number of likely N-dealkylation sites (tertiary alicyclic amines) is 1. The Morgan fingerprint density at radius 1 is 1.11 bits per heavy atom. The first-order valence-corrected chi connectivity index (χ1v) is 7.12. The van der Waals surface area contributed by atoms with Crippen LogP contribution in [-0.4, -0.2) is 23.5 Å². The van der Waals surface area contributed by atoms with Crippen LogP contribution in [0.15, 0.2) is 24.3 Å². The molecule has 0 aromatic heterocycles. The Labute approximate surface area is 111 Å². The van der Waals surface area contributed by atoms with E-state index in [1.807, 2.05) is 0 Å². The van der Waals surface area contributed by atoms with Gasteiger partial charge < -0.3 is 5.73 Å². The van der Waals surface area contributed by atoms with Crippen molar-refractivity contribution < 1.29 is 0 Å². The highest BCUT2D eigenvalue weighted by Gasteiger charge is 2.34. The quantitative estimate of drug-likeness (QED) is 0.886. The predicted molar refractivity (Wildman–Crippen MR) is 77.7 cm³/mol. The highest BCUT2D eigenvalue weighted by Crippen LogP contribution is 2.33. The van der Waals surface area contributed by atoms with E-state index in [-0.39, 0.29) is 6.04 Å². The van der Waals surface area contributed by atoms with E-state index in [0.717, 1.165) is 13.0 Å². The average Bonchev–Trinajstić information content (AvgIpc) is 2.71. The third-order valence-corrected chi connectivity index (χ3v) is 4.09. The van der Waals surface area contributed by atoms with Gasteiger partial charge in [-0.25, -0.2) is 0 Å². The van der Waals surface area contributed by atoms with Crippen molar-refractivity contribution in [1.82, 2.24) is 4.90 Å². The smallest absolute Gasteiger partial charge is 0.0502 e. The molecule has 1 aliphatic heterocycles. The van der Waals surface area contributed by atoms with E-state index >= 15 is 0 Å². The summed E-state index contributed by atoms with van der Waals surface area (Å²) >= 11 is 0. The number of hydrogen-bond donors (Lipinski definition) is 1. The van der Waals surface area contributed by atoms with Gasteiger partial charge in [0.2, 0.25) is 0 Å². The Morgan fingerprint density at radius 2 is 1.72 bits per heavy atom. The van der Waals surface area contributed by atoms with E-state index in [9.17, 15) is 0 Å². The van der Waals surface area contributed by atoms with Gasteiger partial charge in [0.15, 0.2) is 0 Å². The van der Waals surface area contributed by atoms with Crippen molar-refractivity contribution in [2.24, 2.45) is 5.73 Å². The Hall–Kier alpha value is -0.860. The molecule has 1 saturated heterocycles. The topological polar surface area (TPSA) is 29.3 Å². The van der Waals surface area contributed by atoms with Gasteiger partial charge >= 0.3 is 0 Å². The maximum atomic E-state index is 6.30. The van der Waals surface area contributed by atoms with Gasteiger partial charge in [0, 0.05) is 18.6 Å². The maximum absolute atomic E-state index is 6.30. The first-order chi connectivity index (χ1) is 8.50. The van der Waals surface area contributed by atoms with Gasteiger partial charge in [-0.15, -0.1) is 0 Å². The van der Waals surface area contributed by atoms with Crippen LogP contribution in [0, 0.1) is 0 Å². The molecule has 0 amide bonds. The Kier molecular flexibility index (Phi) is 4.08. The van der Waals surface area contributed by atoms with Crippen LogP contribution in [0.25, 0.3) is 0 Å². The van der Waals surface area contributed by atoms with Crippen molar-refractivity contribution in [3.05, 3.63) is 35.4 Å². The summed E-state index contributed by atoms with van der Waals surface area (Å²) < 4.78 is 0. The van der Waals surface area contributed by atoms with Crippen LogP contribution in [0.4, 0.5) is 0 Å². The van der Waals surface area contributed by atoms with E-state index < -0.39 is 0 Å². The molecule has 2 atom stereocenters. The molecule has 0 aliphatic carbocycles. The fourth-order valence-corrected chi connectivity index (χ4v) is 2.94. The van der Waals surface area contributed by atoms with Gasteiger partial charge in [-0.2, -0.15) is 0 Å². The second kappa shape index (κ2) is 5.41. The molecule has 2 heteroatoms. The van der Waals surface area contributed by atoms with Crippen LogP contribution >= 0.6 is 0 Å². The van der Waals surface area contributed by atoms with Crippen molar-refractivity contribution >= 4 is 0 Å². The molecule has 1 aromatic rings. The molecule has 1 aromatic carbocycles. The lowest BCUT2D eigenvalue weighted by Gasteiger charge is -2.30. The van der Waals surface area contributed by atoms with Gasteiger partial charge in [0.25, 0.3) is 0 Å². The normalized spacial score (nSPS) is 25.3. The van der Waals surface area contributed by atoms with E-state index in [4.69, 9.17) is 5.73 Å². The third-order valence-electron chi connectivity index (χ3n) is 4.09. The molecule has 1 heterocycles. The lowest BCUT2D eigenvalue weighted by molar-refractivity contribution is 0.198. The molecule has 0 radical (unpaired) electrons. The minimum Gasteiger partial charge on any atom is -0.326 e. The summed E-state index contributed by atoms with van der Waals surface area (Å²) in [5.74, 6) is 0.595. The maximum Gasteiger partial charge on any atom is 0.0502 e. The molecule has 2 rings (SSSR count). The largest absolute Gasteiger partial charge is 0.326 e. The van der Waals surface area contributed by atoms with Gasteiger partial charge in [-0.05, 0) is 37.3 Å². The molecule has 1 fully saturated rings. The van der Waals surface area contributed by atoms with Crippen LogP contribution < -0.4 is 5.73 Å². The van der Waals surface area contributed by atoms with E-state index in [1.54, 1.807) is 0 Å². The van der Waals surface area contributed by atoms with Gasteiger partial charge in [-0.3, -0.25) is 4.90 Å². The van der Waals surface area contributed by atoms with Crippen LogP contribution in [0.2, 0.25) is 0 Å². The first kappa shape index (κ1) is 13.6. The minimum absolute atomic E-state index is 0.275. The zero-order chi connectivity index (χ0) is 13.3. The standard InChI is InChI=1S/C16H26N2/c1-11(2)13-5-7-14(8-6-13)16-15(17)9-10-18(16)12(3)4/h5-8,11-12,15-16H,9-10,17H2,1-4H3/t15-,16+/m1/s1. The van der Waals surface area contributed by atoms with Crippen molar-refractivity contribution in [2.75, 3.05) is 6.54 Å². The molecule has 0 unspecified atom stereocenters. The SMILES string of the molecule is CC(C)c1ccc([C@H]2[C@H](N)CCN2C(C)C)cc1. The number of hydrogen-bond acceptors (Lipinski definition) is 2. The zero-order valence-electron chi connectivity index (χ0n) is 12.1.